The third-order valence-electron chi connectivity index (χ3n) is 2.78. The predicted molar refractivity (Wildman–Crippen MR) is 81.7 cm³/mol. The number of hydrogen-bond donors (Lipinski definition) is 1. The van der Waals surface area contributed by atoms with E-state index in [-0.39, 0.29) is 6.61 Å². The highest BCUT2D eigenvalue weighted by atomic mass is 35.5. The molecular formula is C15H15ClN2O2. The van der Waals surface area contributed by atoms with Crippen LogP contribution in [0.3, 0.4) is 0 Å². The van der Waals surface area contributed by atoms with Gasteiger partial charge >= 0.3 is 0 Å². The Morgan fingerprint density at radius 3 is 2.20 bits per heavy atom. The van der Waals surface area contributed by atoms with Crippen LogP contribution >= 0.6 is 11.8 Å². The van der Waals surface area contributed by atoms with E-state index in [1.807, 2.05) is 24.3 Å². The monoisotopic (exact) mass is 290 g/mol. The summed E-state index contributed by atoms with van der Waals surface area (Å²) in [6, 6.07) is 14.6. The second-order valence-corrected chi connectivity index (χ2v) is 4.29. The van der Waals surface area contributed by atoms with Crippen molar-refractivity contribution in [2.45, 2.75) is 0 Å². The third-order valence-corrected chi connectivity index (χ3v) is 2.98. The van der Waals surface area contributed by atoms with E-state index in [4.69, 9.17) is 27.0 Å². The van der Waals surface area contributed by atoms with Gasteiger partial charge in [-0.2, -0.15) is 4.51 Å². The SMILES string of the molecule is COc1ccc(C(COc2ccc(N)cc2)=NCl)cc1. The number of nitrogens with zero attached hydrogens (tertiary/aromatic N) is 1. The molecule has 0 saturated carbocycles. The molecule has 0 bridgehead atoms. The average molecular weight is 291 g/mol. The maximum absolute atomic E-state index is 5.62. The molecule has 2 aromatic carbocycles. The summed E-state index contributed by atoms with van der Waals surface area (Å²) in [6.45, 7) is 0.278. The van der Waals surface area contributed by atoms with E-state index in [0.717, 1.165) is 11.3 Å². The van der Waals surface area contributed by atoms with Gasteiger partial charge in [0, 0.05) is 23.0 Å². The zero-order chi connectivity index (χ0) is 14.4. The van der Waals surface area contributed by atoms with Crippen molar-refractivity contribution in [2.75, 3.05) is 19.5 Å². The van der Waals surface area contributed by atoms with Gasteiger partial charge in [-0.25, -0.2) is 0 Å². The molecule has 0 saturated heterocycles. The number of nitrogens with two attached hydrogens (primary N) is 1. The van der Waals surface area contributed by atoms with Crippen LogP contribution in [0.5, 0.6) is 11.5 Å². The second-order valence-electron chi connectivity index (χ2n) is 4.12. The maximum Gasteiger partial charge on any atom is 0.132 e. The molecule has 2 aromatic rings. The van der Waals surface area contributed by atoms with Crippen LogP contribution < -0.4 is 15.2 Å². The number of anilines is 1. The molecule has 0 aliphatic carbocycles. The van der Waals surface area contributed by atoms with Crippen LogP contribution in [0, 0.1) is 0 Å². The first-order chi connectivity index (χ1) is 9.72. The maximum atomic E-state index is 5.62. The lowest BCUT2D eigenvalue weighted by Crippen LogP contribution is -2.12. The molecule has 0 spiro atoms. The molecule has 0 atom stereocenters. The minimum absolute atomic E-state index is 0.278. The topological polar surface area (TPSA) is 56.8 Å². The number of nitrogen functional groups attached to an aromatic ring is 1. The molecule has 0 radical (unpaired) electrons. The van der Waals surface area contributed by atoms with Crippen molar-refractivity contribution in [3.8, 4) is 11.5 Å². The number of benzene rings is 2. The summed E-state index contributed by atoms with van der Waals surface area (Å²) in [4.78, 5) is 0. The molecule has 0 aromatic heterocycles. The van der Waals surface area contributed by atoms with Crippen LogP contribution in [-0.4, -0.2) is 19.4 Å². The van der Waals surface area contributed by atoms with Gasteiger partial charge in [-0.1, -0.05) is 0 Å². The fourth-order valence-electron chi connectivity index (χ4n) is 1.66. The van der Waals surface area contributed by atoms with Crippen molar-refractivity contribution in [2.24, 2.45) is 4.51 Å². The van der Waals surface area contributed by atoms with Crippen molar-refractivity contribution in [1.29, 1.82) is 0 Å². The second kappa shape index (κ2) is 6.82. The van der Waals surface area contributed by atoms with Gasteiger partial charge < -0.3 is 15.2 Å². The Kier molecular flexibility index (Phi) is 4.85. The fourth-order valence-corrected chi connectivity index (χ4v) is 1.80. The Morgan fingerprint density at radius 1 is 1.05 bits per heavy atom. The zero-order valence-electron chi connectivity index (χ0n) is 11.0. The highest BCUT2D eigenvalue weighted by Crippen LogP contribution is 2.16. The summed E-state index contributed by atoms with van der Waals surface area (Å²) < 4.78 is 14.5. The van der Waals surface area contributed by atoms with Crippen LogP contribution in [-0.2, 0) is 0 Å². The molecule has 20 heavy (non-hydrogen) atoms. The molecule has 4 nitrogen and oxygen atoms in total. The number of hydrogen-bond acceptors (Lipinski definition) is 4. The van der Waals surface area contributed by atoms with E-state index < -0.39 is 0 Å². The van der Waals surface area contributed by atoms with Crippen molar-refractivity contribution >= 4 is 23.2 Å². The zero-order valence-corrected chi connectivity index (χ0v) is 11.8. The van der Waals surface area contributed by atoms with Crippen LogP contribution in [0.25, 0.3) is 0 Å². The van der Waals surface area contributed by atoms with E-state index in [2.05, 4.69) is 4.51 Å². The molecule has 5 heteroatoms. The summed E-state index contributed by atoms with van der Waals surface area (Å²) in [6.07, 6.45) is 0. The highest BCUT2D eigenvalue weighted by Gasteiger charge is 2.05. The third kappa shape index (κ3) is 3.65. The van der Waals surface area contributed by atoms with Crippen molar-refractivity contribution in [3.05, 3.63) is 54.1 Å². The summed E-state index contributed by atoms with van der Waals surface area (Å²) in [5.74, 6) is 1.49. The lowest BCUT2D eigenvalue weighted by atomic mass is 10.1. The lowest BCUT2D eigenvalue weighted by Gasteiger charge is -2.09. The first kappa shape index (κ1) is 14.2. The molecule has 0 aliphatic heterocycles. The number of rotatable bonds is 5. The Balaban J connectivity index is 2.03. The van der Waals surface area contributed by atoms with E-state index >= 15 is 0 Å². The fraction of sp³-hybridized carbons (Fsp3) is 0.133. The molecule has 0 heterocycles. The lowest BCUT2D eigenvalue weighted by molar-refractivity contribution is 0.377. The van der Waals surface area contributed by atoms with Crippen molar-refractivity contribution in [3.63, 3.8) is 0 Å². The van der Waals surface area contributed by atoms with E-state index in [1.165, 1.54) is 0 Å². The van der Waals surface area contributed by atoms with Gasteiger partial charge in [0.2, 0.25) is 0 Å². The Morgan fingerprint density at radius 2 is 1.65 bits per heavy atom. The van der Waals surface area contributed by atoms with Crippen molar-refractivity contribution < 1.29 is 9.47 Å². The molecule has 104 valence electrons. The molecule has 0 fully saturated rings. The minimum Gasteiger partial charge on any atom is -0.497 e. The molecule has 2 rings (SSSR count). The quantitative estimate of drug-likeness (QED) is 0.679. The number of methoxy groups -OCH3 is 1. The van der Waals surface area contributed by atoms with Gasteiger partial charge in [0.15, 0.2) is 0 Å². The van der Waals surface area contributed by atoms with Gasteiger partial charge in [-0.3, -0.25) is 0 Å². The average Bonchev–Trinajstić information content (AvgIpc) is 2.50. The molecule has 2 N–H and O–H groups in total. The van der Waals surface area contributed by atoms with E-state index in [0.29, 0.717) is 17.1 Å². The molecular weight excluding hydrogens is 276 g/mol. The minimum atomic E-state index is 0.278. The molecule has 0 aliphatic rings. The Hall–Kier alpha value is -2.20. The molecule has 0 amide bonds. The smallest absolute Gasteiger partial charge is 0.132 e. The highest BCUT2D eigenvalue weighted by molar-refractivity contribution is 6.23. The summed E-state index contributed by atoms with van der Waals surface area (Å²) in [5.41, 5.74) is 7.84. The van der Waals surface area contributed by atoms with E-state index in [1.54, 1.807) is 31.4 Å². The summed E-state index contributed by atoms with van der Waals surface area (Å²) >= 11 is 5.62. The van der Waals surface area contributed by atoms with Crippen LogP contribution in [0.2, 0.25) is 0 Å². The van der Waals surface area contributed by atoms with Gasteiger partial charge in [-0.05, 0) is 48.5 Å². The van der Waals surface area contributed by atoms with Gasteiger partial charge in [0.1, 0.15) is 18.1 Å². The summed E-state index contributed by atoms with van der Waals surface area (Å²) in [5, 5.41) is 0. The van der Waals surface area contributed by atoms with Crippen LogP contribution in [0.1, 0.15) is 5.56 Å². The number of ether oxygens (including phenoxy) is 2. The van der Waals surface area contributed by atoms with Gasteiger partial charge in [0.05, 0.1) is 12.8 Å². The van der Waals surface area contributed by atoms with Crippen molar-refractivity contribution in [1.82, 2.24) is 0 Å². The van der Waals surface area contributed by atoms with Crippen LogP contribution in [0.4, 0.5) is 5.69 Å². The normalized spacial score (nSPS) is 11.2. The summed E-state index contributed by atoms with van der Waals surface area (Å²) in [7, 11) is 1.62. The Labute approximate surface area is 122 Å². The number of halogens is 1. The molecule has 0 unspecified atom stereocenters. The first-order valence-electron chi connectivity index (χ1n) is 6.03. The predicted octanol–water partition coefficient (Wildman–Crippen LogP) is 3.30. The largest absolute Gasteiger partial charge is 0.497 e. The van der Waals surface area contributed by atoms with Crippen LogP contribution in [0.15, 0.2) is 53.0 Å². The Bertz CT molecular complexity index is 580. The van der Waals surface area contributed by atoms with Gasteiger partial charge in [-0.15, -0.1) is 0 Å². The standard InChI is InChI=1S/C15H15ClN2O2/c1-19-13-6-2-11(3-7-13)15(18-16)10-20-14-8-4-12(17)5-9-14/h2-9H,10,17H2,1H3. The van der Waals surface area contributed by atoms with Gasteiger partial charge in [0.25, 0.3) is 0 Å². The first-order valence-corrected chi connectivity index (χ1v) is 6.37. The van der Waals surface area contributed by atoms with E-state index in [9.17, 15) is 0 Å².